The fraction of sp³-hybridized carbons (Fsp3) is 0.929. The second-order valence-electron chi connectivity index (χ2n) is 15.3. The lowest BCUT2D eigenvalue weighted by molar-refractivity contribution is -0.145. The van der Waals surface area contributed by atoms with Crippen LogP contribution in [0.4, 0.5) is 0 Å². The molecule has 308 valence electrons. The number of carbonyl (C=O) groups is 3. The third kappa shape index (κ3) is 32.9. The Morgan fingerprint density at radius 1 is 0.423 bits per heavy atom. The summed E-state index contributed by atoms with van der Waals surface area (Å²) in [6.45, 7) is 3.92. The molecule has 0 saturated carbocycles. The van der Waals surface area contributed by atoms with E-state index < -0.39 is 30.3 Å². The van der Waals surface area contributed by atoms with Gasteiger partial charge in [0.25, 0.3) is 5.91 Å². The van der Waals surface area contributed by atoms with E-state index in [1.165, 1.54) is 129 Å². The summed E-state index contributed by atoms with van der Waals surface area (Å²) >= 11 is 0. The molecule has 0 aromatic rings. The Morgan fingerprint density at radius 3 is 1.02 bits per heavy atom. The number of nitrogens with one attached hydrogen (secondary N) is 3. The Bertz CT molecular complexity index is 829. The van der Waals surface area contributed by atoms with Crippen molar-refractivity contribution in [1.29, 1.82) is 0 Å². The summed E-state index contributed by atoms with van der Waals surface area (Å²) in [5.74, 6) is -1.02. The first-order valence-electron chi connectivity index (χ1n) is 21.8. The standard InChI is InChI=1S/C42H83N3O7/c1-3-4-5-6-7-8-9-10-11-12-13-14-15-16-17-18-19-21-24-27-30-33-37(47)44-45-38(48)34-31-28-25-22-20-23-26-29-32-35-43-42(52)41(51)40(50)39(49)36(2)46/h36,39-41,46,49-51H,3-35H2,1-2H3,(H,43,52)(H,44,47)(H,45,48)/t36-,39-,40+,41-/m1/s1. The monoisotopic (exact) mass is 742 g/mol. The van der Waals surface area contributed by atoms with E-state index in [0.29, 0.717) is 19.4 Å². The van der Waals surface area contributed by atoms with Crippen molar-refractivity contribution in [3.63, 3.8) is 0 Å². The van der Waals surface area contributed by atoms with E-state index in [2.05, 4.69) is 23.1 Å². The number of amides is 3. The zero-order valence-corrected chi connectivity index (χ0v) is 33.7. The van der Waals surface area contributed by atoms with Gasteiger partial charge in [-0.2, -0.15) is 0 Å². The summed E-state index contributed by atoms with van der Waals surface area (Å²) in [6.07, 6.45) is 31.5. The van der Waals surface area contributed by atoms with Gasteiger partial charge in [-0.15, -0.1) is 0 Å². The lowest BCUT2D eigenvalue weighted by atomic mass is 10.0. The van der Waals surface area contributed by atoms with E-state index in [-0.39, 0.29) is 11.8 Å². The molecule has 0 bridgehead atoms. The van der Waals surface area contributed by atoms with Gasteiger partial charge in [-0.1, -0.05) is 180 Å². The number of hydrazine groups is 1. The van der Waals surface area contributed by atoms with E-state index >= 15 is 0 Å². The molecule has 0 aromatic heterocycles. The third-order valence-electron chi connectivity index (χ3n) is 10.2. The number of rotatable bonds is 38. The molecule has 0 rings (SSSR count). The first-order chi connectivity index (χ1) is 25.2. The minimum atomic E-state index is -1.79. The van der Waals surface area contributed by atoms with Crippen LogP contribution in [0.3, 0.4) is 0 Å². The first kappa shape index (κ1) is 50.2. The first-order valence-corrected chi connectivity index (χ1v) is 21.8. The number of aliphatic hydroxyl groups excluding tert-OH is 4. The van der Waals surface area contributed by atoms with Crippen molar-refractivity contribution in [2.45, 2.75) is 244 Å². The molecule has 0 heterocycles. The summed E-state index contributed by atoms with van der Waals surface area (Å²) < 4.78 is 0. The maximum atomic E-state index is 12.1. The van der Waals surface area contributed by atoms with Gasteiger partial charge in [0.15, 0.2) is 6.10 Å². The smallest absolute Gasteiger partial charge is 0.251 e. The van der Waals surface area contributed by atoms with Gasteiger partial charge in [0, 0.05) is 19.4 Å². The Balaban J connectivity index is 3.40. The molecule has 10 heteroatoms. The molecule has 0 aliphatic rings. The molecule has 10 nitrogen and oxygen atoms in total. The van der Waals surface area contributed by atoms with Gasteiger partial charge >= 0.3 is 0 Å². The lowest BCUT2D eigenvalue weighted by Crippen LogP contribution is -2.50. The zero-order chi connectivity index (χ0) is 38.5. The fourth-order valence-electron chi connectivity index (χ4n) is 6.57. The van der Waals surface area contributed by atoms with Crippen molar-refractivity contribution in [3.8, 4) is 0 Å². The van der Waals surface area contributed by atoms with E-state index in [1.54, 1.807) is 0 Å². The van der Waals surface area contributed by atoms with Crippen molar-refractivity contribution in [1.82, 2.24) is 16.2 Å². The molecule has 0 aliphatic heterocycles. The number of carbonyl (C=O) groups excluding carboxylic acids is 3. The fourth-order valence-corrected chi connectivity index (χ4v) is 6.57. The summed E-state index contributed by atoms with van der Waals surface area (Å²) in [4.78, 5) is 36.0. The molecule has 3 amide bonds. The average molecular weight is 742 g/mol. The largest absolute Gasteiger partial charge is 0.391 e. The maximum Gasteiger partial charge on any atom is 0.251 e. The second-order valence-corrected chi connectivity index (χ2v) is 15.3. The van der Waals surface area contributed by atoms with Crippen molar-refractivity contribution >= 4 is 17.7 Å². The SMILES string of the molecule is CCCCCCCCCCCCCCCCCCCCCCCC(=O)NNC(=O)CCCCCCCCCCCNC(=O)[C@H](O)[C@@H](O)[C@H](O)[C@@H](C)O. The molecular formula is C42H83N3O7. The minimum absolute atomic E-state index is 0.113. The van der Waals surface area contributed by atoms with Crippen molar-refractivity contribution < 1.29 is 34.8 Å². The minimum Gasteiger partial charge on any atom is -0.391 e. The van der Waals surface area contributed by atoms with Crippen molar-refractivity contribution in [3.05, 3.63) is 0 Å². The van der Waals surface area contributed by atoms with Crippen LogP contribution in [0.1, 0.15) is 219 Å². The molecular weight excluding hydrogens is 658 g/mol. The van der Waals surface area contributed by atoms with Crippen LogP contribution < -0.4 is 16.2 Å². The van der Waals surface area contributed by atoms with Gasteiger partial charge in [0.2, 0.25) is 11.8 Å². The van der Waals surface area contributed by atoms with Crippen LogP contribution in [0.25, 0.3) is 0 Å². The van der Waals surface area contributed by atoms with Crippen LogP contribution in [-0.4, -0.2) is 69.1 Å². The molecule has 0 spiro atoms. The molecule has 0 fully saturated rings. The zero-order valence-electron chi connectivity index (χ0n) is 33.7. The molecule has 4 atom stereocenters. The predicted molar refractivity (Wildman–Crippen MR) is 212 cm³/mol. The third-order valence-corrected chi connectivity index (χ3v) is 10.2. The van der Waals surface area contributed by atoms with Crippen LogP contribution in [0, 0.1) is 0 Å². The van der Waals surface area contributed by atoms with Crippen LogP contribution >= 0.6 is 0 Å². The van der Waals surface area contributed by atoms with Crippen LogP contribution in [0.2, 0.25) is 0 Å². The normalized spacial score (nSPS) is 13.7. The molecule has 7 N–H and O–H groups in total. The van der Waals surface area contributed by atoms with E-state index in [4.69, 9.17) is 0 Å². The molecule has 0 aliphatic carbocycles. The topological polar surface area (TPSA) is 168 Å². The quantitative estimate of drug-likeness (QED) is 0.0247. The summed E-state index contributed by atoms with van der Waals surface area (Å²) in [5, 5.41) is 40.9. The number of hydrogen-bond donors (Lipinski definition) is 7. The van der Waals surface area contributed by atoms with Crippen LogP contribution in [0.15, 0.2) is 0 Å². The average Bonchev–Trinajstić information content (AvgIpc) is 3.13. The van der Waals surface area contributed by atoms with E-state index in [0.717, 1.165) is 70.6 Å². The number of hydrogen-bond acceptors (Lipinski definition) is 7. The summed E-state index contributed by atoms with van der Waals surface area (Å²) in [6, 6.07) is 0. The molecule has 0 unspecified atom stereocenters. The van der Waals surface area contributed by atoms with E-state index in [9.17, 15) is 34.8 Å². The Hall–Kier alpha value is -1.75. The van der Waals surface area contributed by atoms with E-state index in [1.807, 2.05) is 0 Å². The van der Waals surface area contributed by atoms with Crippen molar-refractivity contribution in [2.24, 2.45) is 0 Å². The van der Waals surface area contributed by atoms with Crippen LogP contribution in [0.5, 0.6) is 0 Å². The Morgan fingerprint density at radius 2 is 0.712 bits per heavy atom. The van der Waals surface area contributed by atoms with Crippen LogP contribution in [-0.2, 0) is 14.4 Å². The second kappa shape index (κ2) is 37.6. The number of aliphatic hydroxyl groups is 4. The van der Waals surface area contributed by atoms with Gasteiger partial charge in [-0.3, -0.25) is 25.2 Å². The molecule has 52 heavy (non-hydrogen) atoms. The van der Waals surface area contributed by atoms with Gasteiger partial charge < -0.3 is 25.7 Å². The molecule has 0 radical (unpaired) electrons. The van der Waals surface area contributed by atoms with Gasteiger partial charge in [0.05, 0.1) is 6.10 Å². The highest BCUT2D eigenvalue weighted by molar-refractivity contribution is 5.82. The van der Waals surface area contributed by atoms with Gasteiger partial charge in [-0.05, 0) is 26.2 Å². The highest BCUT2D eigenvalue weighted by atomic mass is 16.4. The van der Waals surface area contributed by atoms with Gasteiger partial charge in [0.1, 0.15) is 12.2 Å². The number of unbranched alkanes of at least 4 members (excludes halogenated alkanes) is 28. The highest BCUT2D eigenvalue weighted by Crippen LogP contribution is 2.16. The summed E-state index contributed by atoms with van der Waals surface area (Å²) in [5.41, 5.74) is 5.10. The van der Waals surface area contributed by atoms with Gasteiger partial charge in [-0.25, -0.2) is 0 Å². The molecule has 0 aromatic carbocycles. The van der Waals surface area contributed by atoms with Crippen molar-refractivity contribution in [2.75, 3.05) is 6.54 Å². The Labute approximate surface area is 318 Å². The summed E-state index contributed by atoms with van der Waals surface area (Å²) in [7, 11) is 0. The maximum absolute atomic E-state index is 12.1. The Kier molecular flexibility index (Phi) is 36.3. The molecule has 0 saturated heterocycles. The highest BCUT2D eigenvalue weighted by Gasteiger charge is 2.32. The predicted octanol–water partition coefficient (Wildman–Crippen LogP) is 8.22. The lowest BCUT2D eigenvalue weighted by Gasteiger charge is -2.24.